The average Bonchev–Trinajstić information content (AvgIpc) is 2.89. The Kier molecular flexibility index (Phi) is 2.35. The Hall–Kier alpha value is -0.870. The lowest BCUT2D eigenvalue weighted by atomic mass is 10.0. The van der Waals surface area contributed by atoms with Gasteiger partial charge in [-0.25, -0.2) is 8.78 Å². The second-order valence-electron chi connectivity index (χ2n) is 3.89. The molecule has 0 aromatic heterocycles. The normalized spacial score (nSPS) is 17.9. The third-order valence-electron chi connectivity index (χ3n) is 2.57. The molecule has 0 atom stereocenters. The molecular weight excluding hydrogens is 226 g/mol. The van der Waals surface area contributed by atoms with Crippen LogP contribution in [0.2, 0.25) is 5.02 Å². The predicted molar refractivity (Wildman–Crippen MR) is 50.9 cm³/mol. The second-order valence-corrected chi connectivity index (χ2v) is 4.26. The van der Waals surface area contributed by atoms with Crippen molar-refractivity contribution in [1.82, 2.24) is 0 Å². The van der Waals surface area contributed by atoms with Gasteiger partial charge in [0.2, 0.25) is 0 Å². The van der Waals surface area contributed by atoms with Gasteiger partial charge in [0.15, 0.2) is 5.82 Å². The summed E-state index contributed by atoms with van der Waals surface area (Å²) in [7, 11) is 0. The van der Waals surface area contributed by atoms with Crippen LogP contribution in [0.4, 0.5) is 8.78 Å². The summed E-state index contributed by atoms with van der Waals surface area (Å²) in [5, 5.41) is 18.1. The molecule has 0 bridgehead atoms. The fourth-order valence-electron chi connectivity index (χ4n) is 1.43. The molecule has 0 aliphatic heterocycles. The van der Waals surface area contributed by atoms with Gasteiger partial charge in [0.1, 0.15) is 16.6 Å². The monoisotopic (exact) mass is 234 g/mol. The van der Waals surface area contributed by atoms with Crippen LogP contribution in [0, 0.1) is 11.6 Å². The van der Waals surface area contributed by atoms with Gasteiger partial charge in [0.05, 0.1) is 5.60 Å². The first-order valence-electron chi connectivity index (χ1n) is 4.51. The topological polar surface area (TPSA) is 40.5 Å². The fourth-order valence-corrected chi connectivity index (χ4v) is 1.60. The molecule has 0 saturated heterocycles. The highest BCUT2D eigenvalue weighted by Crippen LogP contribution is 2.41. The van der Waals surface area contributed by atoms with Crippen LogP contribution in [0.3, 0.4) is 0 Å². The maximum atomic E-state index is 13.4. The minimum Gasteiger partial charge on any atom is -0.506 e. The maximum absolute atomic E-state index is 13.4. The summed E-state index contributed by atoms with van der Waals surface area (Å²) in [6, 6.07) is 0.756. The number of hydrogen-bond donors (Lipinski definition) is 2. The van der Waals surface area contributed by atoms with Crippen LogP contribution in [0.15, 0.2) is 6.07 Å². The van der Waals surface area contributed by atoms with Gasteiger partial charge in [0, 0.05) is 18.1 Å². The molecule has 0 amide bonds. The number of benzene rings is 1. The Morgan fingerprint density at radius 1 is 1.40 bits per heavy atom. The molecular formula is C10H9ClF2O2. The molecule has 1 fully saturated rings. The van der Waals surface area contributed by atoms with Crippen LogP contribution in [-0.4, -0.2) is 15.8 Å². The van der Waals surface area contributed by atoms with Crippen molar-refractivity contribution in [2.45, 2.75) is 24.9 Å². The minimum atomic E-state index is -0.998. The summed E-state index contributed by atoms with van der Waals surface area (Å²) < 4.78 is 26.7. The second kappa shape index (κ2) is 3.32. The highest BCUT2D eigenvalue weighted by molar-refractivity contribution is 6.32. The number of hydrogen-bond acceptors (Lipinski definition) is 2. The number of phenols is 1. The van der Waals surface area contributed by atoms with Gasteiger partial charge in [-0.2, -0.15) is 0 Å². The highest BCUT2D eigenvalue weighted by atomic mass is 35.5. The quantitative estimate of drug-likeness (QED) is 0.772. The summed E-state index contributed by atoms with van der Waals surface area (Å²) in [6.45, 7) is 0. The zero-order valence-electron chi connectivity index (χ0n) is 7.73. The third kappa shape index (κ3) is 1.92. The first-order chi connectivity index (χ1) is 6.93. The van der Waals surface area contributed by atoms with Crippen molar-refractivity contribution in [2.75, 3.05) is 0 Å². The zero-order valence-corrected chi connectivity index (χ0v) is 8.48. The molecule has 1 aliphatic rings. The predicted octanol–water partition coefficient (Wildman–Crippen LogP) is 2.39. The first kappa shape index (κ1) is 10.6. The number of phenolic OH excluding ortho intramolecular Hbond substituents is 1. The van der Waals surface area contributed by atoms with Gasteiger partial charge in [-0.3, -0.25) is 0 Å². The van der Waals surface area contributed by atoms with E-state index in [1.165, 1.54) is 0 Å². The van der Waals surface area contributed by atoms with E-state index in [4.69, 9.17) is 16.7 Å². The molecule has 1 saturated carbocycles. The lowest BCUT2D eigenvalue weighted by Crippen LogP contribution is -2.13. The van der Waals surface area contributed by atoms with Crippen LogP contribution in [0.25, 0.3) is 0 Å². The van der Waals surface area contributed by atoms with Crippen molar-refractivity contribution in [3.63, 3.8) is 0 Å². The Bertz CT molecular complexity index is 416. The van der Waals surface area contributed by atoms with Crippen molar-refractivity contribution >= 4 is 11.6 Å². The standard InChI is InChI=1S/C10H9ClF2O2/c11-8-7(14)3-6(12)5(9(8)13)4-10(15)1-2-10/h3,14-15H,1-2,4H2. The zero-order chi connectivity index (χ0) is 11.2. The molecule has 5 heteroatoms. The van der Waals surface area contributed by atoms with Gasteiger partial charge in [-0.15, -0.1) is 0 Å². The van der Waals surface area contributed by atoms with Gasteiger partial charge in [0.25, 0.3) is 0 Å². The van der Waals surface area contributed by atoms with Gasteiger partial charge < -0.3 is 10.2 Å². The molecule has 2 nitrogen and oxygen atoms in total. The summed E-state index contributed by atoms with van der Waals surface area (Å²) >= 11 is 5.43. The van der Waals surface area contributed by atoms with E-state index in [1.54, 1.807) is 0 Å². The highest BCUT2D eigenvalue weighted by Gasteiger charge is 2.42. The van der Waals surface area contributed by atoms with E-state index in [2.05, 4.69) is 0 Å². The maximum Gasteiger partial charge on any atom is 0.151 e. The molecule has 0 unspecified atom stereocenters. The van der Waals surface area contributed by atoms with Crippen molar-refractivity contribution in [3.8, 4) is 5.75 Å². The van der Waals surface area contributed by atoms with E-state index in [9.17, 15) is 13.9 Å². The summed E-state index contributed by atoms with van der Waals surface area (Å²) in [5.41, 5.74) is -1.26. The van der Waals surface area contributed by atoms with Crippen molar-refractivity contribution in [2.24, 2.45) is 0 Å². The fraction of sp³-hybridized carbons (Fsp3) is 0.400. The van der Waals surface area contributed by atoms with Gasteiger partial charge >= 0.3 is 0 Å². The van der Waals surface area contributed by atoms with E-state index in [0.717, 1.165) is 6.07 Å². The molecule has 0 heterocycles. The lowest BCUT2D eigenvalue weighted by Gasteiger charge is -2.11. The molecule has 2 rings (SSSR count). The first-order valence-corrected chi connectivity index (χ1v) is 4.88. The molecule has 2 N–H and O–H groups in total. The largest absolute Gasteiger partial charge is 0.506 e. The molecule has 1 aromatic carbocycles. The molecule has 1 aliphatic carbocycles. The van der Waals surface area contributed by atoms with Crippen LogP contribution < -0.4 is 0 Å². The molecule has 1 aromatic rings. The smallest absolute Gasteiger partial charge is 0.151 e. The number of rotatable bonds is 2. The van der Waals surface area contributed by atoms with Crippen LogP contribution in [-0.2, 0) is 6.42 Å². The van der Waals surface area contributed by atoms with Crippen LogP contribution >= 0.6 is 11.6 Å². The van der Waals surface area contributed by atoms with Crippen LogP contribution in [0.1, 0.15) is 18.4 Å². The van der Waals surface area contributed by atoms with E-state index < -0.39 is 28.0 Å². The van der Waals surface area contributed by atoms with Gasteiger partial charge in [-0.05, 0) is 12.8 Å². The third-order valence-corrected chi connectivity index (χ3v) is 2.93. The molecule has 0 spiro atoms. The molecule has 82 valence electrons. The summed E-state index contributed by atoms with van der Waals surface area (Å²) in [5.74, 6) is -2.50. The van der Waals surface area contributed by atoms with Crippen molar-refractivity contribution < 1.29 is 19.0 Å². The van der Waals surface area contributed by atoms with Crippen molar-refractivity contribution in [3.05, 3.63) is 28.3 Å². The molecule has 15 heavy (non-hydrogen) atoms. The van der Waals surface area contributed by atoms with E-state index in [-0.39, 0.29) is 12.0 Å². The molecule has 0 radical (unpaired) electrons. The summed E-state index contributed by atoms with van der Waals surface area (Å²) in [4.78, 5) is 0. The number of aromatic hydroxyl groups is 1. The van der Waals surface area contributed by atoms with E-state index in [1.807, 2.05) is 0 Å². The van der Waals surface area contributed by atoms with E-state index >= 15 is 0 Å². The average molecular weight is 235 g/mol. The Labute approximate surface area is 90.1 Å². The number of halogens is 3. The summed E-state index contributed by atoms with van der Waals surface area (Å²) in [6.07, 6.45) is 0.958. The Morgan fingerprint density at radius 2 is 2.00 bits per heavy atom. The Balaban J connectivity index is 2.41. The van der Waals surface area contributed by atoms with E-state index in [0.29, 0.717) is 12.8 Å². The SMILES string of the molecule is Oc1cc(F)c(CC2(O)CC2)c(F)c1Cl. The lowest BCUT2D eigenvalue weighted by molar-refractivity contribution is 0.148. The van der Waals surface area contributed by atoms with Crippen LogP contribution in [0.5, 0.6) is 5.75 Å². The van der Waals surface area contributed by atoms with Gasteiger partial charge in [-0.1, -0.05) is 11.6 Å². The minimum absolute atomic E-state index is 0.106. The van der Waals surface area contributed by atoms with Crippen molar-refractivity contribution in [1.29, 1.82) is 0 Å². The number of aliphatic hydroxyl groups is 1. The Morgan fingerprint density at radius 3 is 2.53 bits per heavy atom.